The molecule has 1 N–H and O–H groups in total. The number of esters is 1. The molecule has 0 radical (unpaired) electrons. The Bertz CT molecular complexity index is 1190. The van der Waals surface area contributed by atoms with Crippen LogP contribution < -0.4 is 10.1 Å². The number of nitrogens with one attached hydrogen (secondary N) is 1. The van der Waals surface area contributed by atoms with Crippen molar-refractivity contribution in [2.45, 2.75) is 26.0 Å². The molecule has 0 amide bonds. The quantitative estimate of drug-likeness (QED) is 0.353. The molecule has 3 aromatic rings. The van der Waals surface area contributed by atoms with E-state index < -0.39 is 47.2 Å². The van der Waals surface area contributed by atoms with E-state index in [-0.39, 0.29) is 16.3 Å². The predicted molar refractivity (Wildman–Crippen MR) is 121 cm³/mol. The Balaban J connectivity index is 1.81. The maximum Gasteiger partial charge on any atom is 0.330 e. The first-order chi connectivity index (χ1) is 16.2. The lowest BCUT2D eigenvalue weighted by Crippen LogP contribution is -2.37. The number of rotatable bonds is 8. The van der Waals surface area contributed by atoms with Crippen LogP contribution in [0.5, 0.6) is 11.5 Å². The minimum atomic E-state index is -1.42. The molecule has 0 saturated carbocycles. The summed E-state index contributed by atoms with van der Waals surface area (Å²) in [4.78, 5) is 12.9. The molecule has 0 aliphatic carbocycles. The van der Waals surface area contributed by atoms with E-state index in [1.54, 1.807) is 44.2 Å². The van der Waals surface area contributed by atoms with Crippen molar-refractivity contribution in [1.82, 2.24) is 0 Å². The number of hydrogen-bond donors (Lipinski definition) is 1. The first-order valence-electron chi connectivity index (χ1n) is 10.2. The van der Waals surface area contributed by atoms with Gasteiger partial charge in [0.05, 0.1) is 0 Å². The lowest BCUT2D eigenvalue weighted by molar-refractivity contribution is -0.148. The van der Waals surface area contributed by atoms with E-state index in [1.807, 2.05) is 6.07 Å². The van der Waals surface area contributed by atoms with Crippen molar-refractivity contribution in [3.63, 3.8) is 0 Å². The van der Waals surface area contributed by atoms with Crippen LogP contribution in [0.1, 0.15) is 25.5 Å². The number of para-hydroxylation sites is 1. The SMILES string of the molecule is CC(C)C(Nc1c(F)cc(Cl)cc1F)C(=O)OC(C#N)c1ccc(F)c(Oc2ccccc2)c1. The molecule has 0 heterocycles. The highest BCUT2D eigenvalue weighted by Gasteiger charge is 2.29. The maximum absolute atomic E-state index is 14.3. The van der Waals surface area contributed by atoms with Gasteiger partial charge < -0.3 is 14.8 Å². The zero-order chi connectivity index (χ0) is 24.8. The van der Waals surface area contributed by atoms with Crippen LogP contribution in [0.25, 0.3) is 0 Å². The van der Waals surface area contributed by atoms with Gasteiger partial charge >= 0.3 is 5.97 Å². The maximum atomic E-state index is 14.3. The fraction of sp³-hybridized carbons (Fsp3) is 0.200. The summed E-state index contributed by atoms with van der Waals surface area (Å²) in [5, 5.41) is 11.9. The monoisotopic (exact) mass is 488 g/mol. The Hall–Kier alpha value is -3.70. The van der Waals surface area contributed by atoms with Gasteiger partial charge in [0.2, 0.25) is 6.10 Å². The Morgan fingerprint density at radius 2 is 1.65 bits per heavy atom. The molecule has 0 aliphatic rings. The minimum Gasteiger partial charge on any atom is -0.454 e. The fourth-order valence-electron chi connectivity index (χ4n) is 3.07. The lowest BCUT2D eigenvalue weighted by Gasteiger charge is -2.24. The molecule has 0 aliphatic heterocycles. The summed E-state index contributed by atoms with van der Waals surface area (Å²) in [6.45, 7) is 3.27. The van der Waals surface area contributed by atoms with E-state index in [9.17, 15) is 23.2 Å². The van der Waals surface area contributed by atoms with Crippen molar-refractivity contribution in [2.75, 3.05) is 5.32 Å². The minimum absolute atomic E-state index is 0.140. The van der Waals surface area contributed by atoms with Crippen molar-refractivity contribution in [1.29, 1.82) is 5.26 Å². The number of ether oxygens (including phenoxy) is 2. The summed E-state index contributed by atoms with van der Waals surface area (Å²) in [7, 11) is 0. The molecule has 0 aromatic heterocycles. The van der Waals surface area contributed by atoms with Crippen molar-refractivity contribution in [3.05, 3.63) is 88.7 Å². The number of carbonyl (C=O) groups is 1. The molecule has 5 nitrogen and oxygen atoms in total. The van der Waals surface area contributed by atoms with E-state index in [1.165, 1.54) is 12.1 Å². The Kier molecular flexibility index (Phi) is 8.03. The molecule has 176 valence electrons. The highest BCUT2D eigenvalue weighted by Crippen LogP contribution is 2.30. The zero-order valence-electron chi connectivity index (χ0n) is 18.2. The van der Waals surface area contributed by atoms with Crippen molar-refractivity contribution >= 4 is 23.3 Å². The van der Waals surface area contributed by atoms with Crippen LogP contribution in [-0.4, -0.2) is 12.0 Å². The predicted octanol–water partition coefficient (Wildman–Crippen LogP) is 6.79. The van der Waals surface area contributed by atoms with E-state index in [4.69, 9.17) is 21.1 Å². The number of nitriles is 1. The first kappa shape index (κ1) is 24.9. The van der Waals surface area contributed by atoms with Crippen LogP contribution in [0.15, 0.2) is 60.7 Å². The Morgan fingerprint density at radius 1 is 1.00 bits per heavy atom. The van der Waals surface area contributed by atoms with Crippen LogP contribution in [0.2, 0.25) is 5.02 Å². The number of anilines is 1. The van der Waals surface area contributed by atoms with Crippen LogP contribution in [0.3, 0.4) is 0 Å². The van der Waals surface area contributed by atoms with Gasteiger partial charge in [-0.05, 0) is 42.3 Å². The molecule has 3 aromatic carbocycles. The van der Waals surface area contributed by atoms with Crippen LogP contribution >= 0.6 is 11.6 Å². The molecule has 0 fully saturated rings. The van der Waals surface area contributed by atoms with E-state index >= 15 is 0 Å². The molecule has 0 saturated heterocycles. The summed E-state index contributed by atoms with van der Waals surface area (Å²) >= 11 is 5.64. The molecule has 3 rings (SSSR count). The van der Waals surface area contributed by atoms with Gasteiger partial charge in [-0.1, -0.05) is 49.7 Å². The molecule has 0 spiro atoms. The first-order valence-corrected chi connectivity index (χ1v) is 10.6. The van der Waals surface area contributed by atoms with Gasteiger partial charge in [0, 0.05) is 10.6 Å². The van der Waals surface area contributed by atoms with Gasteiger partial charge in [0.25, 0.3) is 0 Å². The van der Waals surface area contributed by atoms with Gasteiger partial charge in [-0.2, -0.15) is 5.26 Å². The second-order valence-corrected chi connectivity index (χ2v) is 8.10. The fourth-order valence-corrected chi connectivity index (χ4v) is 3.26. The topological polar surface area (TPSA) is 71.3 Å². The molecule has 0 bridgehead atoms. The molecular weight excluding hydrogens is 469 g/mol. The largest absolute Gasteiger partial charge is 0.454 e. The average Bonchev–Trinajstić information content (AvgIpc) is 2.78. The summed E-state index contributed by atoms with van der Waals surface area (Å²) in [5.41, 5.74) is -0.386. The second-order valence-electron chi connectivity index (χ2n) is 7.66. The Morgan fingerprint density at radius 3 is 2.24 bits per heavy atom. The van der Waals surface area contributed by atoms with E-state index in [2.05, 4.69) is 5.32 Å². The molecule has 34 heavy (non-hydrogen) atoms. The van der Waals surface area contributed by atoms with Crippen molar-refractivity contribution in [2.24, 2.45) is 5.92 Å². The van der Waals surface area contributed by atoms with Gasteiger partial charge in [0.1, 0.15) is 23.5 Å². The number of halogens is 4. The lowest BCUT2D eigenvalue weighted by atomic mass is 10.0. The van der Waals surface area contributed by atoms with E-state index in [0.29, 0.717) is 5.75 Å². The number of carbonyl (C=O) groups excluding carboxylic acids is 1. The van der Waals surface area contributed by atoms with Gasteiger partial charge in [-0.15, -0.1) is 0 Å². The third-order valence-corrected chi connectivity index (χ3v) is 5.03. The third kappa shape index (κ3) is 6.00. The van der Waals surface area contributed by atoms with Crippen molar-refractivity contribution in [3.8, 4) is 17.6 Å². The van der Waals surface area contributed by atoms with Crippen LogP contribution in [-0.2, 0) is 9.53 Å². The molecule has 2 atom stereocenters. The highest BCUT2D eigenvalue weighted by atomic mass is 35.5. The summed E-state index contributed by atoms with van der Waals surface area (Å²) in [6, 6.07) is 14.5. The molecule has 9 heteroatoms. The standard InChI is InChI=1S/C25H20ClF3N2O3/c1-14(2)23(31-24-19(28)11-16(26)12-20(24)29)25(32)34-22(13-30)15-8-9-18(27)21(10-15)33-17-6-4-3-5-7-17/h3-12,14,22-23,31H,1-2H3. The number of benzene rings is 3. The van der Waals surface area contributed by atoms with Gasteiger partial charge in [-0.25, -0.2) is 18.0 Å². The average molecular weight is 489 g/mol. The second kappa shape index (κ2) is 10.9. The van der Waals surface area contributed by atoms with Crippen LogP contribution in [0.4, 0.5) is 18.9 Å². The summed E-state index contributed by atoms with van der Waals surface area (Å²) < 4.78 is 53.5. The zero-order valence-corrected chi connectivity index (χ0v) is 18.9. The Labute approximate surface area is 199 Å². The van der Waals surface area contributed by atoms with Gasteiger partial charge in [-0.3, -0.25) is 0 Å². The van der Waals surface area contributed by atoms with E-state index in [0.717, 1.165) is 18.2 Å². The number of hydrogen-bond acceptors (Lipinski definition) is 5. The normalized spacial score (nSPS) is 12.5. The molecule has 2 unspecified atom stereocenters. The molecular formula is C25H20ClF3N2O3. The summed E-state index contributed by atoms with van der Waals surface area (Å²) in [6.07, 6.45) is -1.42. The smallest absolute Gasteiger partial charge is 0.330 e. The van der Waals surface area contributed by atoms with Crippen LogP contribution in [0, 0.1) is 34.7 Å². The highest BCUT2D eigenvalue weighted by molar-refractivity contribution is 6.30. The van der Waals surface area contributed by atoms with Crippen molar-refractivity contribution < 1.29 is 27.4 Å². The third-order valence-electron chi connectivity index (χ3n) is 4.81. The number of nitrogens with zero attached hydrogens (tertiary/aromatic N) is 1. The van der Waals surface area contributed by atoms with Gasteiger partial charge in [0.15, 0.2) is 23.2 Å². The summed E-state index contributed by atoms with van der Waals surface area (Å²) in [5.74, 6) is -3.82.